The average Bonchev–Trinajstić information content (AvgIpc) is 2.52. The quantitative estimate of drug-likeness (QED) is 0.603. The molecular weight excluding hydrogens is 314 g/mol. The van der Waals surface area contributed by atoms with E-state index in [0.717, 1.165) is 24.2 Å². The Labute approximate surface area is 141 Å². The fourth-order valence-corrected chi connectivity index (χ4v) is 3.47. The van der Waals surface area contributed by atoms with E-state index >= 15 is 0 Å². The van der Waals surface area contributed by atoms with E-state index in [1.54, 1.807) is 0 Å². The molecule has 2 heterocycles. The number of aromatic nitrogens is 2. The van der Waals surface area contributed by atoms with E-state index in [1.165, 1.54) is 11.8 Å². The van der Waals surface area contributed by atoms with Gasteiger partial charge >= 0.3 is 0 Å². The number of ether oxygens (including phenoxy) is 1. The van der Waals surface area contributed by atoms with Crippen molar-refractivity contribution in [1.29, 1.82) is 0 Å². The van der Waals surface area contributed by atoms with Gasteiger partial charge in [0.1, 0.15) is 0 Å². The molecule has 0 saturated carbocycles. The molecule has 1 aromatic heterocycles. The number of nitrogens with one attached hydrogen (secondary N) is 1. The van der Waals surface area contributed by atoms with Crippen molar-refractivity contribution in [3.05, 3.63) is 17.5 Å². The van der Waals surface area contributed by atoms with Crippen molar-refractivity contribution < 1.29 is 14.6 Å². The smallest absolute Gasteiger partial charge is 0.233 e. The molecule has 1 aromatic rings. The van der Waals surface area contributed by atoms with Gasteiger partial charge in [0.2, 0.25) is 5.91 Å². The first-order chi connectivity index (χ1) is 10.9. The summed E-state index contributed by atoms with van der Waals surface area (Å²) in [5.41, 5.74) is 1.54. The third-order valence-corrected chi connectivity index (χ3v) is 5.10. The largest absolute Gasteiger partial charge is 0.396 e. The standard InChI is InChI=1S/C16H25N3O3S/c1-11-8-12(2)19-15(18-11)23-13(3)14(21)17-9-16(10-20)4-6-22-7-5-16/h8,13,20H,4-7,9-10H2,1-3H3,(H,17,21). The van der Waals surface area contributed by atoms with Gasteiger partial charge in [0, 0.05) is 36.6 Å². The fraction of sp³-hybridized carbons (Fsp3) is 0.688. The van der Waals surface area contributed by atoms with Gasteiger partial charge in [-0.15, -0.1) is 0 Å². The lowest BCUT2D eigenvalue weighted by Gasteiger charge is -2.35. The summed E-state index contributed by atoms with van der Waals surface area (Å²) >= 11 is 1.35. The van der Waals surface area contributed by atoms with Crippen molar-refractivity contribution in [3.8, 4) is 0 Å². The molecule has 23 heavy (non-hydrogen) atoms. The minimum absolute atomic E-state index is 0.0583. The number of hydrogen-bond acceptors (Lipinski definition) is 6. The van der Waals surface area contributed by atoms with Gasteiger partial charge < -0.3 is 15.2 Å². The Morgan fingerprint density at radius 1 is 1.39 bits per heavy atom. The molecule has 2 N–H and O–H groups in total. The van der Waals surface area contributed by atoms with Crippen LogP contribution in [-0.2, 0) is 9.53 Å². The SMILES string of the molecule is Cc1cc(C)nc(SC(C)C(=O)NCC2(CO)CCOCC2)n1. The zero-order valence-electron chi connectivity index (χ0n) is 14.0. The lowest BCUT2D eigenvalue weighted by molar-refractivity contribution is -0.121. The van der Waals surface area contributed by atoms with Gasteiger partial charge in [-0.25, -0.2) is 9.97 Å². The Morgan fingerprint density at radius 2 is 2.00 bits per heavy atom. The minimum atomic E-state index is -0.285. The molecule has 6 nitrogen and oxygen atoms in total. The second kappa shape index (κ2) is 8.08. The van der Waals surface area contributed by atoms with E-state index < -0.39 is 0 Å². The molecule has 0 aliphatic carbocycles. The second-order valence-corrected chi connectivity index (χ2v) is 7.49. The summed E-state index contributed by atoms with van der Waals surface area (Å²) in [5.74, 6) is -0.0583. The first-order valence-corrected chi connectivity index (χ1v) is 8.77. The van der Waals surface area contributed by atoms with Crippen LogP contribution in [0.15, 0.2) is 11.2 Å². The van der Waals surface area contributed by atoms with Crippen molar-refractivity contribution in [2.75, 3.05) is 26.4 Å². The molecule has 1 saturated heterocycles. The Hall–Kier alpha value is -1.18. The molecule has 1 atom stereocenters. The van der Waals surface area contributed by atoms with Gasteiger partial charge in [0.25, 0.3) is 0 Å². The minimum Gasteiger partial charge on any atom is -0.396 e. The summed E-state index contributed by atoms with van der Waals surface area (Å²) in [7, 11) is 0. The maximum Gasteiger partial charge on any atom is 0.233 e. The molecule has 1 aliphatic rings. The monoisotopic (exact) mass is 339 g/mol. The number of carbonyl (C=O) groups excluding carboxylic acids is 1. The number of thioether (sulfide) groups is 1. The zero-order valence-corrected chi connectivity index (χ0v) is 14.8. The number of aliphatic hydroxyl groups excluding tert-OH is 1. The molecule has 1 aliphatic heterocycles. The van der Waals surface area contributed by atoms with Gasteiger partial charge in [-0.1, -0.05) is 11.8 Å². The van der Waals surface area contributed by atoms with Crippen LogP contribution >= 0.6 is 11.8 Å². The highest BCUT2D eigenvalue weighted by molar-refractivity contribution is 8.00. The summed E-state index contributed by atoms with van der Waals surface area (Å²) in [6.45, 7) is 7.49. The maximum atomic E-state index is 12.3. The van der Waals surface area contributed by atoms with E-state index in [4.69, 9.17) is 4.74 Å². The van der Waals surface area contributed by atoms with Crippen molar-refractivity contribution in [1.82, 2.24) is 15.3 Å². The van der Waals surface area contributed by atoms with Crippen LogP contribution in [0.5, 0.6) is 0 Å². The van der Waals surface area contributed by atoms with E-state index in [2.05, 4.69) is 15.3 Å². The number of rotatable bonds is 6. The predicted molar refractivity (Wildman–Crippen MR) is 89.4 cm³/mol. The summed E-state index contributed by atoms with van der Waals surface area (Å²) in [5, 5.41) is 13.0. The van der Waals surface area contributed by atoms with Crippen LogP contribution in [-0.4, -0.2) is 52.6 Å². The zero-order chi connectivity index (χ0) is 16.9. The molecule has 0 bridgehead atoms. The number of hydrogen-bond donors (Lipinski definition) is 2. The summed E-state index contributed by atoms with van der Waals surface area (Å²) in [6, 6.07) is 1.91. The second-order valence-electron chi connectivity index (χ2n) is 6.18. The van der Waals surface area contributed by atoms with Gasteiger partial charge in [0.15, 0.2) is 5.16 Å². The Balaban J connectivity index is 1.89. The molecular formula is C16H25N3O3S. The van der Waals surface area contributed by atoms with Crippen molar-refractivity contribution in [2.45, 2.75) is 44.0 Å². The predicted octanol–water partition coefficient (Wildman–Crippen LogP) is 1.48. The summed E-state index contributed by atoms with van der Waals surface area (Å²) in [4.78, 5) is 21.0. The molecule has 0 radical (unpaired) electrons. The van der Waals surface area contributed by atoms with Crippen LogP contribution in [0.3, 0.4) is 0 Å². The lowest BCUT2D eigenvalue weighted by atomic mass is 9.81. The van der Waals surface area contributed by atoms with Crippen LogP contribution in [0.2, 0.25) is 0 Å². The molecule has 2 rings (SSSR count). The van der Waals surface area contributed by atoms with Crippen LogP contribution in [0.4, 0.5) is 0 Å². The van der Waals surface area contributed by atoms with Gasteiger partial charge in [-0.2, -0.15) is 0 Å². The highest BCUT2D eigenvalue weighted by Crippen LogP contribution is 2.29. The number of carbonyl (C=O) groups is 1. The highest BCUT2D eigenvalue weighted by Gasteiger charge is 2.32. The van der Waals surface area contributed by atoms with E-state index in [-0.39, 0.29) is 23.2 Å². The Kier molecular flexibility index (Phi) is 6.38. The van der Waals surface area contributed by atoms with Gasteiger partial charge in [-0.05, 0) is 39.7 Å². The molecule has 128 valence electrons. The maximum absolute atomic E-state index is 12.3. The fourth-order valence-electron chi connectivity index (χ4n) is 2.57. The Bertz CT molecular complexity index is 527. The van der Waals surface area contributed by atoms with Gasteiger partial charge in [0.05, 0.1) is 11.9 Å². The lowest BCUT2D eigenvalue weighted by Crippen LogP contribution is -2.45. The molecule has 1 unspecified atom stereocenters. The molecule has 7 heteroatoms. The van der Waals surface area contributed by atoms with Gasteiger partial charge in [-0.3, -0.25) is 4.79 Å². The van der Waals surface area contributed by atoms with Crippen molar-refractivity contribution in [3.63, 3.8) is 0 Å². The highest BCUT2D eigenvalue weighted by atomic mass is 32.2. The van der Waals surface area contributed by atoms with Crippen LogP contribution in [0.1, 0.15) is 31.2 Å². The Morgan fingerprint density at radius 3 is 2.57 bits per heavy atom. The van der Waals surface area contributed by atoms with E-state index in [1.807, 2.05) is 26.8 Å². The normalized spacial score (nSPS) is 18.4. The van der Waals surface area contributed by atoms with Crippen LogP contribution < -0.4 is 5.32 Å². The van der Waals surface area contributed by atoms with Crippen LogP contribution in [0.25, 0.3) is 0 Å². The van der Waals surface area contributed by atoms with Crippen molar-refractivity contribution >= 4 is 17.7 Å². The average molecular weight is 339 g/mol. The molecule has 0 spiro atoms. The van der Waals surface area contributed by atoms with E-state index in [9.17, 15) is 9.90 Å². The van der Waals surface area contributed by atoms with E-state index in [0.29, 0.717) is 24.9 Å². The number of nitrogens with zero attached hydrogens (tertiary/aromatic N) is 2. The molecule has 1 amide bonds. The molecule has 0 aromatic carbocycles. The molecule has 1 fully saturated rings. The third-order valence-electron chi connectivity index (χ3n) is 4.14. The van der Waals surface area contributed by atoms with Crippen molar-refractivity contribution in [2.24, 2.45) is 5.41 Å². The summed E-state index contributed by atoms with van der Waals surface area (Å²) < 4.78 is 5.34. The topological polar surface area (TPSA) is 84.3 Å². The number of aliphatic hydroxyl groups is 1. The first-order valence-electron chi connectivity index (χ1n) is 7.89. The number of amides is 1. The first kappa shape index (κ1) is 18.2. The third kappa shape index (κ3) is 5.16. The number of aryl methyl sites for hydroxylation is 2. The summed E-state index contributed by atoms with van der Waals surface area (Å²) in [6.07, 6.45) is 1.54. The van der Waals surface area contributed by atoms with Crippen LogP contribution in [0, 0.1) is 19.3 Å².